The van der Waals surface area contributed by atoms with Crippen LogP contribution in [0.4, 0.5) is 0 Å². The Kier molecular flexibility index (Phi) is 3.38. The molecule has 1 rings (SSSR count). The van der Waals surface area contributed by atoms with Gasteiger partial charge in [-0.3, -0.25) is 4.79 Å². The first-order chi connectivity index (χ1) is 6.85. The second-order valence-electron chi connectivity index (χ2n) is 4.99. The number of rotatable bonds is 2. The number of carbonyl (C=O) groups excluding carboxylic acids is 1. The molecule has 0 unspecified atom stereocenters. The van der Waals surface area contributed by atoms with E-state index in [2.05, 4.69) is 26.5 Å². The van der Waals surface area contributed by atoms with Crippen LogP contribution in [0.2, 0.25) is 0 Å². The summed E-state index contributed by atoms with van der Waals surface area (Å²) < 4.78 is 0. The third-order valence-electron chi connectivity index (χ3n) is 3.00. The number of nitrogens with zero attached hydrogens (tertiary/aromatic N) is 1. The first kappa shape index (κ1) is 12.0. The van der Waals surface area contributed by atoms with Gasteiger partial charge in [-0.05, 0) is 33.6 Å². The Bertz CT molecular complexity index is 316. The summed E-state index contributed by atoms with van der Waals surface area (Å²) in [7, 11) is 0. The van der Waals surface area contributed by atoms with Crippen LogP contribution in [-0.2, 0) is 4.79 Å². The predicted octanol–water partition coefficient (Wildman–Crippen LogP) is 2.91. The monoisotopic (exact) mass is 207 g/mol. The molecule has 0 radical (unpaired) electrons. The Labute approximate surface area is 92.7 Å². The average Bonchev–Trinajstić information content (AvgIpc) is 1.99. The predicted molar refractivity (Wildman–Crippen MR) is 63.6 cm³/mol. The molecule has 1 aliphatic rings. The standard InChI is InChI=1S/C13H21NO/c1-10(2)8-13(5)9-11(3)6-7-14(13)12(4)15/h6H,1,7-9H2,2-5H3/t13-/m1/s1. The van der Waals surface area contributed by atoms with Crippen molar-refractivity contribution in [1.82, 2.24) is 4.90 Å². The first-order valence-corrected chi connectivity index (χ1v) is 5.43. The summed E-state index contributed by atoms with van der Waals surface area (Å²) in [5, 5.41) is 0. The van der Waals surface area contributed by atoms with E-state index < -0.39 is 0 Å². The van der Waals surface area contributed by atoms with Crippen molar-refractivity contribution >= 4 is 5.91 Å². The highest BCUT2D eigenvalue weighted by atomic mass is 16.2. The summed E-state index contributed by atoms with van der Waals surface area (Å²) in [5.74, 6) is 0.155. The SMILES string of the molecule is C=C(C)C[C@]1(C)CC(C)=CCN1C(C)=O. The van der Waals surface area contributed by atoms with Gasteiger partial charge in [-0.2, -0.15) is 0 Å². The van der Waals surface area contributed by atoms with Crippen LogP contribution in [-0.4, -0.2) is 22.9 Å². The molecule has 84 valence electrons. The minimum absolute atomic E-state index is 0.0729. The van der Waals surface area contributed by atoms with Gasteiger partial charge in [0.1, 0.15) is 0 Å². The lowest BCUT2D eigenvalue weighted by atomic mass is 9.83. The Morgan fingerprint density at radius 2 is 2.20 bits per heavy atom. The summed E-state index contributed by atoms with van der Waals surface area (Å²) in [6.07, 6.45) is 3.98. The maximum atomic E-state index is 11.6. The molecule has 0 aromatic heterocycles. The molecular formula is C13H21NO. The second-order valence-corrected chi connectivity index (χ2v) is 4.99. The van der Waals surface area contributed by atoms with Crippen molar-refractivity contribution in [2.75, 3.05) is 6.54 Å². The Balaban J connectivity index is 2.95. The van der Waals surface area contributed by atoms with E-state index in [0.29, 0.717) is 0 Å². The van der Waals surface area contributed by atoms with Crippen LogP contribution in [0.25, 0.3) is 0 Å². The summed E-state index contributed by atoms with van der Waals surface area (Å²) >= 11 is 0. The Morgan fingerprint density at radius 3 is 2.67 bits per heavy atom. The molecule has 2 heteroatoms. The average molecular weight is 207 g/mol. The third-order valence-corrected chi connectivity index (χ3v) is 3.00. The zero-order chi connectivity index (χ0) is 11.6. The molecule has 1 atom stereocenters. The maximum absolute atomic E-state index is 11.6. The molecule has 0 aromatic rings. The van der Waals surface area contributed by atoms with Gasteiger partial charge in [0.2, 0.25) is 5.91 Å². The lowest BCUT2D eigenvalue weighted by Crippen LogP contribution is -2.51. The van der Waals surface area contributed by atoms with Crippen LogP contribution >= 0.6 is 0 Å². The maximum Gasteiger partial charge on any atom is 0.220 e. The van der Waals surface area contributed by atoms with Gasteiger partial charge in [-0.25, -0.2) is 0 Å². The van der Waals surface area contributed by atoms with Crippen LogP contribution in [0.3, 0.4) is 0 Å². The molecular weight excluding hydrogens is 186 g/mol. The van der Waals surface area contributed by atoms with E-state index in [0.717, 1.165) is 25.0 Å². The molecule has 0 bridgehead atoms. The largest absolute Gasteiger partial charge is 0.333 e. The van der Waals surface area contributed by atoms with Crippen molar-refractivity contribution in [3.05, 3.63) is 23.8 Å². The molecule has 1 amide bonds. The van der Waals surface area contributed by atoms with E-state index >= 15 is 0 Å². The van der Waals surface area contributed by atoms with E-state index in [-0.39, 0.29) is 11.4 Å². The van der Waals surface area contributed by atoms with Gasteiger partial charge >= 0.3 is 0 Å². The number of carbonyl (C=O) groups is 1. The zero-order valence-electron chi connectivity index (χ0n) is 10.3. The van der Waals surface area contributed by atoms with Crippen LogP contribution < -0.4 is 0 Å². The van der Waals surface area contributed by atoms with Gasteiger partial charge < -0.3 is 4.90 Å². The molecule has 0 saturated carbocycles. The van der Waals surface area contributed by atoms with Crippen LogP contribution in [0.5, 0.6) is 0 Å². The molecule has 0 fully saturated rings. The van der Waals surface area contributed by atoms with Crippen LogP contribution in [0, 0.1) is 0 Å². The van der Waals surface area contributed by atoms with Gasteiger partial charge in [0.05, 0.1) is 0 Å². The van der Waals surface area contributed by atoms with E-state index in [1.165, 1.54) is 5.57 Å². The summed E-state index contributed by atoms with van der Waals surface area (Å²) in [6.45, 7) is 12.7. The van der Waals surface area contributed by atoms with E-state index in [1.54, 1.807) is 6.92 Å². The molecule has 0 spiro atoms. The molecule has 1 heterocycles. The van der Waals surface area contributed by atoms with E-state index in [9.17, 15) is 4.79 Å². The fourth-order valence-electron chi connectivity index (χ4n) is 2.55. The highest BCUT2D eigenvalue weighted by Crippen LogP contribution is 2.33. The van der Waals surface area contributed by atoms with Gasteiger partial charge in [0, 0.05) is 19.0 Å². The molecule has 15 heavy (non-hydrogen) atoms. The lowest BCUT2D eigenvalue weighted by Gasteiger charge is -2.44. The fourth-order valence-corrected chi connectivity index (χ4v) is 2.55. The molecule has 1 aliphatic heterocycles. The van der Waals surface area contributed by atoms with Crippen molar-refractivity contribution in [3.8, 4) is 0 Å². The summed E-state index contributed by atoms with van der Waals surface area (Å²) in [4.78, 5) is 13.5. The molecule has 0 aliphatic carbocycles. The van der Waals surface area contributed by atoms with Crippen LogP contribution in [0.1, 0.15) is 40.5 Å². The van der Waals surface area contributed by atoms with Crippen molar-refractivity contribution in [1.29, 1.82) is 0 Å². The molecule has 0 aromatic carbocycles. The summed E-state index contributed by atoms with van der Waals surface area (Å²) in [6, 6.07) is 0. The van der Waals surface area contributed by atoms with Crippen molar-refractivity contribution in [2.45, 2.75) is 46.1 Å². The van der Waals surface area contributed by atoms with Crippen molar-refractivity contribution < 1.29 is 4.79 Å². The highest BCUT2D eigenvalue weighted by molar-refractivity contribution is 5.74. The molecule has 2 nitrogen and oxygen atoms in total. The fraction of sp³-hybridized carbons (Fsp3) is 0.615. The Hall–Kier alpha value is -1.05. The minimum Gasteiger partial charge on any atom is -0.333 e. The third kappa shape index (κ3) is 2.71. The lowest BCUT2D eigenvalue weighted by molar-refractivity contribution is -0.134. The molecule has 0 saturated heterocycles. The van der Waals surface area contributed by atoms with E-state index in [4.69, 9.17) is 0 Å². The van der Waals surface area contributed by atoms with Crippen molar-refractivity contribution in [2.24, 2.45) is 0 Å². The highest BCUT2D eigenvalue weighted by Gasteiger charge is 2.35. The van der Waals surface area contributed by atoms with Gasteiger partial charge in [0.15, 0.2) is 0 Å². The van der Waals surface area contributed by atoms with Crippen molar-refractivity contribution in [3.63, 3.8) is 0 Å². The Morgan fingerprint density at radius 1 is 1.60 bits per heavy atom. The minimum atomic E-state index is -0.0729. The first-order valence-electron chi connectivity index (χ1n) is 5.43. The van der Waals surface area contributed by atoms with Crippen LogP contribution in [0.15, 0.2) is 23.8 Å². The topological polar surface area (TPSA) is 20.3 Å². The molecule has 0 N–H and O–H groups in total. The quantitative estimate of drug-likeness (QED) is 0.638. The smallest absolute Gasteiger partial charge is 0.220 e. The van der Waals surface area contributed by atoms with E-state index in [1.807, 2.05) is 11.8 Å². The summed E-state index contributed by atoms with van der Waals surface area (Å²) in [5.41, 5.74) is 2.44. The second kappa shape index (κ2) is 4.21. The number of hydrogen-bond acceptors (Lipinski definition) is 1. The van der Waals surface area contributed by atoms with Gasteiger partial charge in [0.25, 0.3) is 0 Å². The number of hydrogen-bond donors (Lipinski definition) is 0. The van der Waals surface area contributed by atoms with Gasteiger partial charge in [-0.15, -0.1) is 6.58 Å². The zero-order valence-corrected chi connectivity index (χ0v) is 10.3. The number of amides is 1. The van der Waals surface area contributed by atoms with Gasteiger partial charge in [-0.1, -0.05) is 17.2 Å². The normalized spacial score (nSPS) is 26.1.